The summed E-state index contributed by atoms with van der Waals surface area (Å²) >= 11 is 8.98. The number of halogens is 2. The van der Waals surface area contributed by atoms with E-state index in [-0.39, 0.29) is 0 Å². The van der Waals surface area contributed by atoms with Crippen molar-refractivity contribution in [3.63, 3.8) is 0 Å². The Morgan fingerprint density at radius 2 is 2.27 bits per heavy atom. The first-order chi connectivity index (χ1) is 5.27. The normalized spacial score (nSPS) is 10.7. The van der Waals surface area contributed by atoms with Gasteiger partial charge < -0.3 is 0 Å². The molecule has 0 radical (unpaired) electrons. The Morgan fingerprint density at radius 1 is 1.45 bits per heavy atom. The van der Waals surface area contributed by atoms with Crippen LogP contribution in [0.1, 0.15) is 0 Å². The molecule has 0 aliphatic heterocycles. The smallest absolute Gasteiger partial charge is 0.150 e. The zero-order valence-corrected chi connectivity index (χ0v) is 7.65. The molecule has 0 aromatic carbocycles. The highest BCUT2D eigenvalue weighted by Crippen LogP contribution is 2.19. The predicted octanol–water partition coefficient (Wildman–Crippen LogP) is 2.37. The molecule has 0 amide bonds. The molecule has 0 aliphatic carbocycles. The Labute approximate surface area is 75.9 Å². The van der Waals surface area contributed by atoms with Gasteiger partial charge in [0.25, 0.3) is 0 Å². The molecule has 2 rings (SSSR count). The molecular formula is C6H3BrClN3. The molecule has 5 heteroatoms. The van der Waals surface area contributed by atoms with E-state index in [2.05, 4.69) is 31.1 Å². The Bertz CT molecular complexity index is 398. The van der Waals surface area contributed by atoms with Gasteiger partial charge >= 0.3 is 0 Å². The van der Waals surface area contributed by atoms with Gasteiger partial charge in [0.05, 0.1) is 0 Å². The first kappa shape index (κ1) is 7.06. The molecule has 2 aromatic heterocycles. The van der Waals surface area contributed by atoms with Crippen molar-refractivity contribution >= 4 is 38.6 Å². The second kappa shape index (κ2) is 2.46. The van der Waals surface area contributed by atoms with Crippen LogP contribution in [0.15, 0.2) is 16.7 Å². The number of H-pyrrole nitrogens is 1. The fraction of sp³-hybridized carbons (Fsp3) is 0. The third kappa shape index (κ3) is 1.12. The third-order valence-electron chi connectivity index (χ3n) is 1.32. The Balaban J connectivity index is 2.87. The summed E-state index contributed by atoms with van der Waals surface area (Å²) in [6.45, 7) is 0. The van der Waals surface area contributed by atoms with Gasteiger partial charge in [-0.05, 0) is 28.1 Å². The average molecular weight is 232 g/mol. The van der Waals surface area contributed by atoms with Gasteiger partial charge in [-0.1, -0.05) is 11.6 Å². The van der Waals surface area contributed by atoms with Gasteiger partial charge in [0.1, 0.15) is 15.6 Å². The average Bonchev–Trinajstić information content (AvgIpc) is 2.33. The van der Waals surface area contributed by atoms with E-state index in [1.807, 2.05) is 12.1 Å². The van der Waals surface area contributed by atoms with Crippen LogP contribution in [0.4, 0.5) is 0 Å². The van der Waals surface area contributed by atoms with Crippen LogP contribution in [-0.2, 0) is 0 Å². The van der Waals surface area contributed by atoms with Crippen molar-refractivity contribution in [2.24, 2.45) is 0 Å². The summed E-state index contributed by atoms with van der Waals surface area (Å²) in [6.07, 6.45) is 0. The maximum Gasteiger partial charge on any atom is 0.150 e. The number of fused-ring (bicyclic) bond motifs is 1. The summed E-state index contributed by atoms with van der Waals surface area (Å²) in [7, 11) is 0. The van der Waals surface area contributed by atoms with E-state index in [0.717, 1.165) is 10.1 Å². The molecule has 0 unspecified atom stereocenters. The number of nitrogens with one attached hydrogen (secondary N) is 1. The molecule has 2 aromatic rings. The van der Waals surface area contributed by atoms with E-state index in [1.165, 1.54) is 0 Å². The molecule has 0 atom stereocenters. The lowest BCUT2D eigenvalue weighted by atomic mass is 10.4. The van der Waals surface area contributed by atoms with Gasteiger partial charge in [-0.25, -0.2) is 4.98 Å². The Morgan fingerprint density at radius 3 is 3.09 bits per heavy atom. The molecule has 0 spiro atoms. The van der Waals surface area contributed by atoms with Gasteiger partial charge in [0, 0.05) is 0 Å². The molecule has 1 N–H and O–H groups in total. The van der Waals surface area contributed by atoms with Crippen LogP contribution in [-0.4, -0.2) is 15.2 Å². The molecule has 0 saturated carbocycles. The minimum absolute atomic E-state index is 0.473. The van der Waals surface area contributed by atoms with E-state index in [0.29, 0.717) is 10.7 Å². The molecule has 3 nitrogen and oxygen atoms in total. The van der Waals surface area contributed by atoms with Gasteiger partial charge in [-0.15, -0.1) is 0 Å². The van der Waals surface area contributed by atoms with Gasteiger partial charge in [-0.3, -0.25) is 5.10 Å². The molecule has 0 saturated heterocycles. The van der Waals surface area contributed by atoms with E-state index < -0.39 is 0 Å². The monoisotopic (exact) mass is 231 g/mol. The van der Waals surface area contributed by atoms with Crippen molar-refractivity contribution in [2.45, 2.75) is 0 Å². The number of hydrogen-bond acceptors (Lipinski definition) is 2. The minimum atomic E-state index is 0.473. The largest absolute Gasteiger partial charge is 0.265 e. The number of aromatic amines is 1. The number of nitrogens with zero attached hydrogens (tertiary/aromatic N) is 2. The highest BCUT2D eigenvalue weighted by Gasteiger charge is 2.03. The zero-order valence-electron chi connectivity index (χ0n) is 5.31. The molecular weight excluding hydrogens is 229 g/mol. The summed E-state index contributed by atoms with van der Waals surface area (Å²) in [5, 5.41) is 7.03. The van der Waals surface area contributed by atoms with Gasteiger partial charge in [0.15, 0.2) is 5.15 Å². The minimum Gasteiger partial charge on any atom is -0.265 e. The fourth-order valence-electron chi connectivity index (χ4n) is 0.842. The van der Waals surface area contributed by atoms with E-state index in [1.54, 1.807) is 0 Å². The molecule has 2 heterocycles. The third-order valence-corrected chi connectivity index (χ3v) is 2.03. The predicted molar refractivity (Wildman–Crippen MR) is 46.6 cm³/mol. The van der Waals surface area contributed by atoms with Crippen LogP contribution < -0.4 is 0 Å². The second-order valence-electron chi connectivity index (χ2n) is 2.04. The highest BCUT2D eigenvalue weighted by atomic mass is 79.9. The van der Waals surface area contributed by atoms with Crippen LogP contribution >= 0.6 is 27.5 Å². The molecule has 0 aliphatic rings. The van der Waals surface area contributed by atoms with E-state index in [9.17, 15) is 0 Å². The summed E-state index contributed by atoms with van der Waals surface area (Å²) in [5.74, 6) is 0. The van der Waals surface area contributed by atoms with Crippen LogP contribution in [0.5, 0.6) is 0 Å². The van der Waals surface area contributed by atoms with Crippen molar-refractivity contribution < 1.29 is 0 Å². The van der Waals surface area contributed by atoms with Crippen LogP contribution in [0.25, 0.3) is 11.0 Å². The summed E-state index contributed by atoms with van der Waals surface area (Å²) in [5.41, 5.74) is 1.47. The topological polar surface area (TPSA) is 41.6 Å². The number of hydrogen-bond donors (Lipinski definition) is 1. The van der Waals surface area contributed by atoms with Crippen LogP contribution in [0, 0.1) is 0 Å². The Kier molecular flexibility index (Phi) is 1.58. The standard InChI is InChI=1S/C6H3BrClN3/c7-4-2-1-3-5(9-4)6(8)11-10-3/h1-2H,(H,10,11). The lowest BCUT2D eigenvalue weighted by Crippen LogP contribution is -1.75. The van der Waals surface area contributed by atoms with Gasteiger partial charge in [0.2, 0.25) is 0 Å². The fourth-order valence-corrected chi connectivity index (χ4v) is 1.33. The maximum atomic E-state index is 5.74. The quantitative estimate of drug-likeness (QED) is 0.709. The van der Waals surface area contributed by atoms with Crippen molar-refractivity contribution in [1.82, 2.24) is 15.2 Å². The second-order valence-corrected chi connectivity index (χ2v) is 3.23. The molecule has 56 valence electrons. The molecule has 11 heavy (non-hydrogen) atoms. The maximum absolute atomic E-state index is 5.74. The SMILES string of the molecule is Clc1[nH]nc2ccc(Br)nc12. The number of aromatic nitrogens is 3. The summed E-state index contributed by atoms with van der Waals surface area (Å²) in [4.78, 5) is 4.13. The first-order valence-corrected chi connectivity index (χ1v) is 4.10. The zero-order chi connectivity index (χ0) is 7.84. The van der Waals surface area contributed by atoms with Crippen LogP contribution in [0.3, 0.4) is 0 Å². The summed E-state index contributed by atoms with van der Waals surface area (Å²) < 4.78 is 0.758. The van der Waals surface area contributed by atoms with Crippen molar-refractivity contribution in [3.8, 4) is 0 Å². The van der Waals surface area contributed by atoms with Crippen molar-refractivity contribution in [3.05, 3.63) is 21.9 Å². The number of rotatable bonds is 0. The van der Waals surface area contributed by atoms with Crippen LogP contribution in [0.2, 0.25) is 5.15 Å². The number of pyridine rings is 1. The molecule has 0 bridgehead atoms. The first-order valence-electron chi connectivity index (χ1n) is 2.93. The van der Waals surface area contributed by atoms with Crippen molar-refractivity contribution in [2.75, 3.05) is 0 Å². The van der Waals surface area contributed by atoms with E-state index >= 15 is 0 Å². The lowest BCUT2D eigenvalue weighted by Gasteiger charge is -1.87. The van der Waals surface area contributed by atoms with Crippen molar-refractivity contribution in [1.29, 1.82) is 0 Å². The van der Waals surface area contributed by atoms with E-state index in [4.69, 9.17) is 11.6 Å². The molecule has 0 fully saturated rings. The lowest BCUT2D eigenvalue weighted by molar-refractivity contribution is 1.12. The Hall–Kier alpha value is -0.610. The van der Waals surface area contributed by atoms with Gasteiger partial charge in [-0.2, -0.15) is 5.10 Å². The highest BCUT2D eigenvalue weighted by molar-refractivity contribution is 9.10. The summed E-state index contributed by atoms with van der Waals surface area (Å²) in [6, 6.07) is 3.66.